The zero-order chi connectivity index (χ0) is 11.8. The predicted octanol–water partition coefficient (Wildman–Crippen LogP) is 1.88. The first kappa shape index (κ1) is 13.9. The summed E-state index contributed by atoms with van der Waals surface area (Å²) in [6, 6.07) is 1.42. The molecule has 1 N–H and O–H groups in total. The van der Waals surface area contributed by atoms with E-state index in [0.717, 1.165) is 19.2 Å². The number of nitrogens with zero attached hydrogens (tertiary/aromatic N) is 1. The smallest absolute Gasteiger partial charge is 0.0589 e. The van der Waals surface area contributed by atoms with Crippen molar-refractivity contribution in [2.24, 2.45) is 0 Å². The van der Waals surface area contributed by atoms with E-state index in [1.54, 1.807) is 7.11 Å². The van der Waals surface area contributed by atoms with Gasteiger partial charge in [0.25, 0.3) is 0 Å². The van der Waals surface area contributed by atoms with Crippen LogP contribution in [0.15, 0.2) is 0 Å². The summed E-state index contributed by atoms with van der Waals surface area (Å²) in [5, 5.41) is 3.56. The Labute approximate surface area is 101 Å². The molecule has 0 amide bonds. The van der Waals surface area contributed by atoms with Gasteiger partial charge in [-0.05, 0) is 52.6 Å². The zero-order valence-electron chi connectivity index (χ0n) is 11.2. The molecule has 1 aliphatic rings. The monoisotopic (exact) mass is 228 g/mol. The highest BCUT2D eigenvalue weighted by Crippen LogP contribution is 2.11. The standard InChI is InChI=1S/C13H28N2O/c1-12(2)15(10-11-16-3)9-5-7-13-6-4-8-14-13/h12-14H,4-11H2,1-3H3. The second-order valence-electron chi connectivity index (χ2n) is 5.06. The van der Waals surface area contributed by atoms with Crippen LogP contribution in [0.2, 0.25) is 0 Å². The maximum Gasteiger partial charge on any atom is 0.0589 e. The molecule has 0 bridgehead atoms. The van der Waals surface area contributed by atoms with Gasteiger partial charge in [0.15, 0.2) is 0 Å². The van der Waals surface area contributed by atoms with Gasteiger partial charge < -0.3 is 10.1 Å². The molecule has 1 atom stereocenters. The van der Waals surface area contributed by atoms with Gasteiger partial charge in [-0.25, -0.2) is 0 Å². The Morgan fingerprint density at radius 2 is 2.19 bits per heavy atom. The number of hydrogen-bond donors (Lipinski definition) is 1. The molecule has 0 aromatic carbocycles. The van der Waals surface area contributed by atoms with Crippen molar-refractivity contribution in [3.63, 3.8) is 0 Å². The molecule has 0 aromatic rings. The number of hydrogen-bond acceptors (Lipinski definition) is 3. The SMILES string of the molecule is COCCN(CCCC1CCCN1)C(C)C. The summed E-state index contributed by atoms with van der Waals surface area (Å²) in [6.07, 6.45) is 5.37. The van der Waals surface area contributed by atoms with Gasteiger partial charge >= 0.3 is 0 Å². The highest BCUT2D eigenvalue weighted by Gasteiger charge is 2.14. The third-order valence-electron chi connectivity index (χ3n) is 3.47. The molecule has 3 nitrogen and oxygen atoms in total. The van der Waals surface area contributed by atoms with Crippen LogP contribution in [-0.4, -0.2) is 50.3 Å². The van der Waals surface area contributed by atoms with E-state index in [0.29, 0.717) is 6.04 Å². The van der Waals surface area contributed by atoms with Crippen LogP contribution >= 0.6 is 0 Å². The van der Waals surface area contributed by atoms with Gasteiger partial charge in [-0.3, -0.25) is 4.90 Å². The van der Waals surface area contributed by atoms with Crippen LogP contribution in [0.4, 0.5) is 0 Å². The minimum atomic E-state index is 0.631. The molecule has 1 unspecified atom stereocenters. The molecule has 1 aliphatic heterocycles. The Hall–Kier alpha value is -0.120. The van der Waals surface area contributed by atoms with Gasteiger partial charge in [0, 0.05) is 25.7 Å². The van der Waals surface area contributed by atoms with Gasteiger partial charge in [-0.2, -0.15) is 0 Å². The number of rotatable bonds is 8. The lowest BCUT2D eigenvalue weighted by atomic mass is 10.1. The fourth-order valence-electron chi connectivity index (χ4n) is 2.38. The highest BCUT2D eigenvalue weighted by atomic mass is 16.5. The first-order valence-electron chi connectivity index (χ1n) is 6.70. The maximum absolute atomic E-state index is 5.15. The Morgan fingerprint density at radius 3 is 2.75 bits per heavy atom. The lowest BCUT2D eigenvalue weighted by molar-refractivity contribution is 0.127. The van der Waals surface area contributed by atoms with E-state index in [4.69, 9.17) is 4.74 Å². The first-order valence-corrected chi connectivity index (χ1v) is 6.70. The Balaban J connectivity index is 2.10. The highest BCUT2D eigenvalue weighted by molar-refractivity contribution is 4.74. The van der Waals surface area contributed by atoms with Crippen LogP contribution in [0.1, 0.15) is 39.5 Å². The maximum atomic E-state index is 5.15. The van der Waals surface area contributed by atoms with Crippen LogP contribution in [0.5, 0.6) is 0 Å². The number of ether oxygens (including phenoxy) is 1. The van der Waals surface area contributed by atoms with Gasteiger partial charge in [-0.1, -0.05) is 0 Å². The topological polar surface area (TPSA) is 24.5 Å². The number of methoxy groups -OCH3 is 1. The minimum Gasteiger partial charge on any atom is -0.383 e. The Kier molecular flexibility index (Phi) is 7.01. The van der Waals surface area contributed by atoms with E-state index < -0.39 is 0 Å². The molecule has 0 spiro atoms. The fraction of sp³-hybridized carbons (Fsp3) is 1.00. The van der Waals surface area contributed by atoms with E-state index in [1.807, 2.05) is 0 Å². The lowest BCUT2D eigenvalue weighted by Gasteiger charge is -2.26. The molecular weight excluding hydrogens is 200 g/mol. The van der Waals surface area contributed by atoms with Crippen molar-refractivity contribution < 1.29 is 4.74 Å². The summed E-state index contributed by atoms with van der Waals surface area (Å²) in [5.41, 5.74) is 0. The molecule has 3 heteroatoms. The van der Waals surface area contributed by atoms with Crippen LogP contribution < -0.4 is 5.32 Å². The molecule has 1 heterocycles. The van der Waals surface area contributed by atoms with Crippen LogP contribution in [0.25, 0.3) is 0 Å². The van der Waals surface area contributed by atoms with E-state index in [2.05, 4.69) is 24.1 Å². The fourth-order valence-corrected chi connectivity index (χ4v) is 2.38. The Morgan fingerprint density at radius 1 is 1.38 bits per heavy atom. The van der Waals surface area contributed by atoms with Crippen molar-refractivity contribution in [1.29, 1.82) is 0 Å². The normalized spacial score (nSPS) is 21.2. The summed E-state index contributed by atoms with van der Waals surface area (Å²) < 4.78 is 5.15. The average molecular weight is 228 g/mol. The van der Waals surface area contributed by atoms with Gasteiger partial charge in [0.2, 0.25) is 0 Å². The summed E-state index contributed by atoms with van der Waals surface area (Å²) in [5.74, 6) is 0. The van der Waals surface area contributed by atoms with E-state index in [9.17, 15) is 0 Å². The summed E-state index contributed by atoms with van der Waals surface area (Å²) in [4.78, 5) is 2.51. The summed E-state index contributed by atoms with van der Waals surface area (Å²) in [6.45, 7) is 8.88. The number of nitrogens with one attached hydrogen (secondary N) is 1. The molecular formula is C13H28N2O. The second kappa shape index (κ2) is 8.04. The van der Waals surface area contributed by atoms with Crippen molar-refractivity contribution in [1.82, 2.24) is 10.2 Å². The summed E-state index contributed by atoms with van der Waals surface area (Å²) in [7, 11) is 1.78. The van der Waals surface area contributed by atoms with Gasteiger partial charge in [-0.15, -0.1) is 0 Å². The molecule has 96 valence electrons. The molecule has 16 heavy (non-hydrogen) atoms. The summed E-state index contributed by atoms with van der Waals surface area (Å²) >= 11 is 0. The molecule has 1 saturated heterocycles. The van der Waals surface area contributed by atoms with Crippen LogP contribution in [-0.2, 0) is 4.74 Å². The quantitative estimate of drug-likeness (QED) is 0.686. The second-order valence-corrected chi connectivity index (χ2v) is 5.06. The van der Waals surface area contributed by atoms with Gasteiger partial charge in [0.1, 0.15) is 0 Å². The first-order chi connectivity index (χ1) is 7.74. The largest absolute Gasteiger partial charge is 0.383 e. The van der Waals surface area contributed by atoms with Crippen molar-refractivity contribution in [3.8, 4) is 0 Å². The van der Waals surface area contributed by atoms with E-state index in [1.165, 1.54) is 38.8 Å². The molecule has 1 fully saturated rings. The van der Waals surface area contributed by atoms with Crippen molar-refractivity contribution in [2.45, 2.75) is 51.6 Å². The molecule has 0 saturated carbocycles. The molecule has 1 rings (SSSR count). The van der Waals surface area contributed by atoms with Gasteiger partial charge in [0.05, 0.1) is 6.61 Å². The molecule has 0 aromatic heterocycles. The third kappa shape index (κ3) is 5.28. The van der Waals surface area contributed by atoms with E-state index in [-0.39, 0.29) is 0 Å². The van der Waals surface area contributed by atoms with Crippen LogP contribution in [0, 0.1) is 0 Å². The van der Waals surface area contributed by atoms with Crippen LogP contribution in [0.3, 0.4) is 0 Å². The van der Waals surface area contributed by atoms with E-state index >= 15 is 0 Å². The predicted molar refractivity (Wildman–Crippen MR) is 68.8 cm³/mol. The lowest BCUT2D eigenvalue weighted by Crippen LogP contribution is -2.35. The zero-order valence-corrected chi connectivity index (χ0v) is 11.2. The Bertz CT molecular complexity index is 167. The average Bonchev–Trinajstić information content (AvgIpc) is 2.75. The molecule has 0 radical (unpaired) electrons. The minimum absolute atomic E-state index is 0.631. The van der Waals surface area contributed by atoms with Crippen molar-refractivity contribution in [3.05, 3.63) is 0 Å². The van der Waals surface area contributed by atoms with Crippen molar-refractivity contribution >= 4 is 0 Å². The van der Waals surface area contributed by atoms with Crippen molar-refractivity contribution in [2.75, 3.05) is 33.4 Å². The molecule has 0 aliphatic carbocycles. The third-order valence-corrected chi connectivity index (χ3v) is 3.47.